The van der Waals surface area contributed by atoms with Gasteiger partial charge in [0.25, 0.3) is 0 Å². The summed E-state index contributed by atoms with van der Waals surface area (Å²) in [4.78, 5) is 11.6. The van der Waals surface area contributed by atoms with Gasteiger partial charge in [-0.05, 0) is 49.8 Å². The van der Waals surface area contributed by atoms with Crippen LogP contribution < -0.4 is 4.74 Å². The Hall–Kier alpha value is -1.38. The number of unbranched alkanes of at least 4 members (excludes halogenated alkanes) is 2. The van der Waals surface area contributed by atoms with Crippen molar-refractivity contribution in [1.82, 2.24) is 0 Å². The summed E-state index contributed by atoms with van der Waals surface area (Å²) < 4.78 is 19.9. The number of ketones is 1. The number of aryl methyl sites for hydroxylation is 1. The van der Waals surface area contributed by atoms with E-state index < -0.39 is 0 Å². The summed E-state index contributed by atoms with van der Waals surface area (Å²) in [6, 6.07) is 3.64. The zero-order valence-electron chi connectivity index (χ0n) is 14.4. The fraction of sp³-hybridized carbons (Fsp3) is 0.632. The molecule has 1 aromatic carbocycles. The van der Waals surface area contributed by atoms with Crippen LogP contribution in [0, 0.1) is 18.7 Å². The second-order valence-electron chi connectivity index (χ2n) is 6.20. The average Bonchev–Trinajstić information content (AvgIpc) is 2.48. The van der Waals surface area contributed by atoms with Crippen LogP contribution in [0.3, 0.4) is 0 Å². The number of rotatable bonds is 10. The zero-order valence-corrected chi connectivity index (χ0v) is 14.4. The van der Waals surface area contributed by atoms with Crippen LogP contribution in [0.2, 0.25) is 0 Å². The maximum absolute atomic E-state index is 14.4. The molecule has 0 fully saturated rings. The molecule has 0 amide bonds. The normalized spacial score (nSPS) is 11.0. The van der Waals surface area contributed by atoms with E-state index in [2.05, 4.69) is 0 Å². The van der Waals surface area contributed by atoms with E-state index in [1.54, 1.807) is 6.07 Å². The lowest BCUT2D eigenvalue weighted by molar-refractivity contribution is -0.122. The van der Waals surface area contributed by atoms with E-state index in [1.165, 1.54) is 0 Å². The van der Waals surface area contributed by atoms with Crippen LogP contribution in [0.1, 0.15) is 64.0 Å². The minimum atomic E-state index is -0.216. The molecule has 0 bridgehead atoms. The summed E-state index contributed by atoms with van der Waals surface area (Å²) in [6.45, 7) is 8.35. The maximum Gasteiger partial charge on any atom is 0.168 e. The molecule has 3 heteroatoms. The Morgan fingerprint density at radius 2 is 1.95 bits per heavy atom. The fourth-order valence-corrected chi connectivity index (χ4v) is 2.39. The number of carbonyl (C=O) groups excluding carboxylic acids is 1. The van der Waals surface area contributed by atoms with E-state index in [4.69, 9.17) is 4.74 Å². The minimum absolute atomic E-state index is 0.118. The van der Waals surface area contributed by atoms with Crippen molar-refractivity contribution in [2.24, 2.45) is 5.92 Å². The van der Waals surface area contributed by atoms with Crippen LogP contribution in [0.4, 0.5) is 4.39 Å². The molecule has 0 unspecified atom stereocenters. The molecule has 0 atom stereocenters. The lowest BCUT2D eigenvalue weighted by atomic mass is 9.98. The summed E-state index contributed by atoms with van der Waals surface area (Å²) in [6.07, 6.45) is 4.96. The Labute approximate surface area is 134 Å². The van der Waals surface area contributed by atoms with Gasteiger partial charge in [0.05, 0.1) is 6.61 Å². The average molecular weight is 308 g/mol. The largest absolute Gasteiger partial charge is 0.491 e. The SMILES string of the molecule is CCCOc1ccc(C)c(CCCCCC(=O)C(C)C)c1F. The smallest absolute Gasteiger partial charge is 0.168 e. The predicted octanol–water partition coefficient (Wildman–Crippen LogP) is 5.25. The first kappa shape index (κ1) is 18.7. The molecule has 0 spiro atoms. The monoisotopic (exact) mass is 308 g/mol. The van der Waals surface area contributed by atoms with E-state index in [-0.39, 0.29) is 11.7 Å². The van der Waals surface area contributed by atoms with E-state index in [9.17, 15) is 9.18 Å². The van der Waals surface area contributed by atoms with Gasteiger partial charge in [0.1, 0.15) is 5.78 Å². The molecule has 0 aliphatic rings. The molecule has 1 aromatic rings. The Morgan fingerprint density at radius 1 is 1.23 bits per heavy atom. The van der Waals surface area contributed by atoms with Crippen LogP contribution in [-0.4, -0.2) is 12.4 Å². The van der Waals surface area contributed by atoms with Gasteiger partial charge < -0.3 is 4.74 Å². The summed E-state index contributed by atoms with van der Waals surface area (Å²) in [5.41, 5.74) is 1.73. The Morgan fingerprint density at radius 3 is 2.59 bits per heavy atom. The molecule has 1 rings (SSSR count). The lowest BCUT2D eigenvalue weighted by Gasteiger charge is -2.12. The maximum atomic E-state index is 14.4. The number of ether oxygens (including phenoxy) is 1. The van der Waals surface area contributed by atoms with Gasteiger partial charge in [0.2, 0.25) is 0 Å². The predicted molar refractivity (Wildman–Crippen MR) is 88.9 cm³/mol. The fourth-order valence-electron chi connectivity index (χ4n) is 2.39. The van der Waals surface area contributed by atoms with Crippen LogP contribution in [0.25, 0.3) is 0 Å². The quantitative estimate of drug-likeness (QED) is 0.552. The molecule has 0 radical (unpaired) electrons. The summed E-state index contributed by atoms with van der Waals surface area (Å²) >= 11 is 0. The van der Waals surface area contributed by atoms with E-state index in [1.807, 2.05) is 33.8 Å². The topological polar surface area (TPSA) is 26.3 Å². The number of halogens is 1. The minimum Gasteiger partial charge on any atom is -0.491 e. The third kappa shape index (κ3) is 5.78. The molecule has 124 valence electrons. The second-order valence-corrected chi connectivity index (χ2v) is 6.20. The van der Waals surface area contributed by atoms with Crippen molar-refractivity contribution in [3.05, 3.63) is 29.1 Å². The molecule has 0 heterocycles. The third-order valence-corrected chi connectivity index (χ3v) is 3.90. The Bertz CT molecular complexity index is 481. The van der Waals surface area contributed by atoms with Gasteiger partial charge in [-0.1, -0.05) is 33.3 Å². The van der Waals surface area contributed by atoms with Crippen molar-refractivity contribution in [2.75, 3.05) is 6.61 Å². The first-order chi connectivity index (χ1) is 10.5. The number of hydrogen-bond acceptors (Lipinski definition) is 2. The van der Waals surface area contributed by atoms with Crippen LogP contribution in [0.5, 0.6) is 5.75 Å². The molecule has 2 nitrogen and oxygen atoms in total. The van der Waals surface area contributed by atoms with Crippen LogP contribution >= 0.6 is 0 Å². The lowest BCUT2D eigenvalue weighted by Crippen LogP contribution is -2.06. The molecular formula is C19H29FO2. The van der Waals surface area contributed by atoms with Crippen molar-refractivity contribution in [2.45, 2.75) is 66.2 Å². The number of hydrogen-bond donors (Lipinski definition) is 0. The molecule has 0 saturated heterocycles. The van der Waals surface area contributed by atoms with Crippen LogP contribution in [-0.2, 0) is 11.2 Å². The number of benzene rings is 1. The third-order valence-electron chi connectivity index (χ3n) is 3.90. The van der Waals surface area contributed by atoms with E-state index in [0.29, 0.717) is 31.0 Å². The second kappa shape index (κ2) is 9.60. The molecular weight excluding hydrogens is 279 g/mol. The van der Waals surface area contributed by atoms with E-state index in [0.717, 1.165) is 36.8 Å². The Balaban J connectivity index is 2.49. The van der Waals surface area contributed by atoms with Gasteiger partial charge in [-0.3, -0.25) is 4.79 Å². The van der Waals surface area contributed by atoms with Gasteiger partial charge in [-0.2, -0.15) is 0 Å². The van der Waals surface area contributed by atoms with Gasteiger partial charge in [0.15, 0.2) is 11.6 Å². The van der Waals surface area contributed by atoms with Crippen molar-refractivity contribution in [3.63, 3.8) is 0 Å². The Kier molecular flexibility index (Phi) is 8.15. The summed E-state index contributed by atoms with van der Waals surface area (Å²) in [7, 11) is 0. The summed E-state index contributed by atoms with van der Waals surface area (Å²) in [5, 5.41) is 0. The van der Waals surface area contributed by atoms with Crippen molar-refractivity contribution in [1.29, 1.82) is 0 Å². The highest BCUT2D eigenvalue weighted by Crippen LogP contribution is 2.25. The number of carbonyl (C=O) groups is 1. The highest BCUT2D eigenvalue weighted by molar-refractivity contribution is 5.80. The molecule has 0 aliphatic heterocycles. The van der Waals surface area contributed by atoms with Gasteiger partial charge in [0, 0.05) is 12.3 Å². The van der Waals surface area contributed by atoms with Crippen molar-refractivity contribution in [3.8, 4) is 5.75 Å². The van der Waals surface area contributed by atoms with E-state index >= 15 is 0 Å². The highest BCUT2D eigenvalue weighted by Gasteiger charge is 2.12. The first-order valence-electron chi connectivity index (χ1n) is 8.40. The van der Waals surface area contributed by atoms with Crippen molar-refractivity contribution < 1.29 is 13.9 Å². The molecule has 0 aromatic heterocycles. The molecule has 0 N–H and O–H groups in total. The number of Topliss-reactive ketones (excluding diaryl/α,β-unsaturated/α-hetero) is 1. The molecule has 0 saturated carbocycles. The summed E-state index contributed by atoms with van der Waals surface area (Å²) in [5.74, 6) is 0.577. The van der Waals surface area contributed by atoms with Gasteiger partial charge in [-0.25, -0.2) is 4.39 Å². The highest BCUT2D eigenvalue weighted by atomic mass is 19.1. The van der Waals surface area contributed by atoms with Gasteiger partial charge >= 0.3 is 0 Å². The van der Waals surface area contributed by atoms with Gasteiger partial charge in [-0.15, -0.1) is 0 Å². The molecule has 22 heavy (non-hydrogen) atoms. The van der Waals surface area contributed by atoms with Crippen molar-refractivity contribution >= 4 is 5.78 Å². The zero-order chi connectivity index (χ0) is 16.5. The first-order valence-corrected chi connectivity index (χ1v) is 8.40. The standard InChI is InChI=1S/C19H29FO2/c1-5-13-22-18-12-11-15(4)16(19(18)20)9-7-6-8-10-17(21)14(2)3/h11-12,14H,5-10,13H2,1-4H3. The molecule has 0 aliphatic carbocycles. The van der Waals surface area contributed by atoms with Crippen LogP contribution in [0.15, 0.2) is 12.1 Å².